The SMILES string of the molecule is CCCCCCCc1cc(=O)n2c(c1-c1ccc(F)c(F)c1)SC[C@@H]2C(=O)OC. The lowest BCUT2D eigenvalue weighted by Crippen LogP contribution is -2.30. The second-order valence-corrected chi connectivity index (χ2v) is 8.21. The zero-order valence-corrected chi connectivity index (χ0v) is 17.5. The molecule has 0 aliphatic carbocycles. The van der Waals surface area contributed by atoms with Crippen molar-refractivity contribution in [2.24, 2.45) is 0 Å². The fraction of sp³-hybridized carbons (Fsp3) is 0.455. The molecule has 7 heteroatoms. The maximum absolute atomic E-state index is 14.0. The zero-order chi connectivity index (χ0) is 21.0. The van der Waals surface area contributed by atoms with Crippen molar-refractivity contribution in [2.75, 3.05) is 12.9 Å². The molecule has 29 heavy (non-hydrogen) atoms. The molecule has 0 saturated carbocycles. The molecule has 156 valence electrons. The van der Waals surface area contributed by atoms with Gasteiger partial charge in [-0.2, -0.15) is 0 Å². The molecule has 1 aliphatic rings. The van der Waals surface area contributed by atoms with Gasteiger partial charge in [0.2, 0.25) is 0 Å². The highest BCUT2D eigenvalue weighted by Crippen LogP contribution is 2.41. The highest BCUT2D eigenvalue weighted by Gasteiger charge is 2.34. The maximum Gasteiger partial charge on any atom is 0.329 e. The van der Waals surface area contributed by atoms with E-state index in [4.69, 9.17) is 4.74 Å². The second kappa shape index (κ2) is 9.57. The Hall–Kier alpha value is -2.15. The molecule has 0 unspecified atom stereocenters. The maximum atomic E-state index is 14.0. The summed E-state index contributed by atoms with van der Waals surface area (Å²) in [6.45, 7) is 2.15. The minimum atomic E-state index is -0.936. The second-order valence-electron chi connectivity index (χ2n) is 7.20. The van der Waals surface area contributed by atoms with Gasteiger partial charge in [-0.3, -0.25) is 9.36 Å². The minimum absolute atomic E-state index is 0.268. The van der Waals surface area contributed by atoms with E-state index in [1.54, 1.807) is 0 Å². The molecule has 0 amide bonds. The van der Waals surface area contributed by atoms with Gasteiger partial charge in [0, 0.05) is 17.4 Å². The van der Waals surface area contributed by atoms with Crippen molar-refractivity contribution in [3.63, 3.8) is 0 Å². The van der Waals surface area contributed by atoms with Gasteiger partial charge in [0.05, 0.1) is 12.1 Å². The van der Waals surface area contributed by atoms with Gasteiger partial charge in [-0.25, -0.2) is 13.6 Å². The molecule has 0 N–H and O–H groups in total. The Morgan fingerprint density at radius 2 is 1.93 bits per heavy atom. The Kier molecular flexibility index (Phi) is 7.11. The van der Waals surface area contributed by atoms with Crippen LogP contribution in [0, 0.1) is 11.6 Å². The van der Waals surface area contributed by atoms with Gasteiger partial charge in [-0.05, 0) is 36.1 Å². The Morgan fingerprint density at radius 3 is 2.62 bits per heavy atom. The zero-order valence-electron chi connectivity index (χ0n) is 16.7. The Balaban J connectivity index is 2.06. The monoisotopic (exact) mass is 421 g/mol. The van der Waals surface area contributed by atoms with Gasteiger partial charge < -0.3 is 4.74 Å². The Morgan fingerprint density at radius 1 is 1.17 bits per heavy atom. The van der Waals surface area contributed by atoms with Crippen LogP contribution in [0.5, 0.6) is 0 Å². The van der Waals surface area contributed by atoms with Crippen molar-refractivity contribution in [1.82, 2.24) is 4.57 Å². The molecule has 1 atom stereocenters. The highest BCUT2D eigenvalue weighted by atomic mass is 32.2. The summed E-state index contributed by atoms with van der Waals surface area (Å²) in [5, 5.41) is 0.613. The first-order valence-electron chi connectivity index (χ1n) is 9.92. The van der Waals surface area contributed by atoms with Crippen LogP contribution in [0.15, 0.2) is 34.1 Å². The molecule has 1 aromatic heterocycles. The first kappa shape index (κ1) is 21.6. The number of ether oxygens (including phenoxy) is 1. The fourth-order valence-electron chi connectivity index (χ4n) is 3.70. The molecular formula is C22H25F2NO3S. The number of fused-ring (bicyclic) bond motifs is 1. The summed E-state index contributed by atoms with van der Waals surface area (Å²) in [6, 6.07) is 4.58. The number of rotatable bonds is 8. The molecule has 3 rings (SSSR count). The molecule has 4 nitrogen and oxygen atoms in total. The highest BCUT2D eigenvalue weighted by molar-refractivity contribution is 7.99. The van der Waals surface area contributed by atoms with Crippen molar-refractivity contribution >= 4 is 17.7 Å². The predicted octanol–water partition coefficient (Wildman–Crippen LogP) is 5.13. The van der Waals surface area contributed by atoms with Crippen molar-refractivity contribution in [3.8, 4) is 11.1 Å². The summed E-state index contributed by atoms with van der Waals surface area (Å²) in [7, 11) is 1.29. The molecule has 1 aromatic carbocycles. The summed E-state index contributed by atoms with van der Waals surface area (Å²) in [4.78, 5) is 24.9. The number of hydrogen-bond acceptors (Lipinski definition) is 4. The van der Waals surface area contributed by atoms with Crippen LogP contribution in [0.2, 0.25) is 0 Å². The van der Waals surface area contributed by atoms with Crippen LogP contribution in [-0.2, 0) is 16.0 Å². The number of aromatic nitrogens is 1. The van der Waals surface area contributed by atoms with Crippen molar-refractivity contribution in [1.29, 1.82) is 0 Å². The van der Waals surface area contributed by atoms with Crippen molar-refractivity contribution in [2.45, 2.75) is 56.5 Å². The number of aryl methyl sites for hydroxylation is 1. The normalized spacial score (nSPS) is 15.4. The summed E-state index contributed by atoms with van der Waals surface area (Å²) in [5.41, 5.74) is 1.75. The van der Waals surface area contributed by atoms with Gasteiger partial charge in [0.1, 0.15) is 6.04 Å². The number of unbranched alkanes of at least 4 members (excludes halogenated alkanes) is 4. The fourth-order valence-corrected chi connectivity index (χ4v) is 5.05. The average molecular weight is 422 g/mol. The van der Waals surface area contributed by atoms with E-state index in [-0.39, 0.29) is 5.56 Å². The number of esters is 1. The third kappa shape index (κ3) is 4.55. The van der Waals surface area contributed by atoms with E-state index < -0.39 is 23.6 Å². The number of thioether (sulfide) groups is 1. The van der Waals surface area contributed by atoms with E-state index in [1.165, 1.54) is 42.0 Å². The lowest BCUT2D eigenvalue weighted by molar-refractivity contribution is -0.143. The van der Waals surface area contributed by atoms with Gasteiger partial charge >= 0.3 is 5.97 Å². The number of benzene rings is 1. The summed E-state index contributed by atoms with van der Waals surface area (Å²) in [6.07, 6.45) is 6.06. The van der Waals surface area contributed by atoms with E-state index in [1.807, 2.05) is 0 Å². The molecule has 0 spiro atoms. The van der Waals surface area contributed by atoms with E-state index in [0.29, 0.717) is 28.3 Å². The predicted molar refractivity (Wildman–Crippen MR) is 110 cm³/mol. The van der Waals surface area contributed by atoms with Gasteiger partial charge in [0.15, 0.2) is 11.6 Å². The molecule has 0 saturated heterocycles. The topological polar surface area (TPSA) is 48.3 Å². The van der Waals surface area contributed by atoms with Crippen LogP contribution in [0.1, 0.15) is 50.6 Å². The number of nitrogens with zero attached hydrogens (tertiary/aromatic N) is 1. The summed E-state index contributed by atoms with van der Waals surface area (Å²) >= 11 is 1.37. The standard InChI is InChI=1S/C22H25F2NO3S/c1-3-4-5-6-7-8-14-12-19(26)25-18(22(27)28-2)13-29-21(25)20(14)15-9-10-16(23)17(24)11-15/h9-12,18H,3-8,13H2,1-2H3/t18-/m1/s1. The lowest BCUT2D eigenvalue weighted by Gasteiger charge is -2.17. The number of hydrogen-bond donors (Lipinski definition) is 0. The average Bonchev–Trinajstić information content (AvgIpc) is 3.15. The minimum Gasteiger partial charge on any atom is -0.467 e. The van der Waals surface area contributed by atoms with E-state index in [2.05, 4.69) is 6.92 Å². The smallest absolute Gasteiger partial charge is 0.329 e. The Labute approximate surface area is 173 Å². The van der Waals surface area contributed by atoms with Crippen LogP contribution in [0.25, 0.3) is 11.1 Å². The molecular weight excluding hydrogens is 396 g/mol. The third-order valence-electron chi connectivity index (χ3n) is 5.21. The number of methoxy groups -OCH3 is 1. The van der Waals surface area contributed by atoms with Crippen molar-refractivity contribution in [3.05, 3.63) is 51.8 Å². The quantitative estimate of drug-likeness (QED) is 0.438. The summed E-state index contributed by atoms with van der Waals surface area (Å²) < 4.78 is 33.7. The Bertz CT molecular complexity index is 958. The number of halogens is 2. The largest absolute Gasteiger partial charge is 0.467 e. The van der Waals surface area contributed by atoms with Crippen LogP contribution >= 0.6 is 11.8 Å². The molecule has 0 bridgehead atoms. The molecule has 2 aromatic rings. The van der Waals surface area contributed by atoms with Gasteiger partial charge in [-0.1, -0.05) is 38.7 Å². The van der Waals surface area contributed by atoms with E-state index in [0.717, 1.165) is 43.4 Å². The molecule has 0 radical (unpaired) electrons. The third-order valence-corrected chi connectivity index (χ3v) is 6.37. The van der Waals surface area contributed by atoms with Gasteiger partial charge in [-0.15, -0.1) is 11.8 Å². The van der Waals surface area contributed by atoms with Crippen LogP contribution < -0.4 is 5.56 Å². The molecule has 2 heterocycles. The van der Waals surface area contributed by atoms with Crippen LogP contribution in [0.3, 0.4) is 0 Å². The lowest BCUT2D eigenvalue weighted by atomic mass is 9.96. The van der Waals surface area contributed by atoms with E-state index in [9.17, 15) is 18.4 Å². The number of pyridine rings is 1. The van der Waals surface area contributed by atoms with Crippen molar-refractivity contribution < 1.29 is 18.3 Å². The van der Waals surface area contributed by atoms with Crippen LogP contribution in [0.4, 0.5) is 8.78 Å². The molecule has 0 fully saturated rings. The molecule has 1 aliphatic heterocycles. The van der Waals surface area contributed by atoms with E-state index >= 15 is 0 Å². The van der Waals surface area contributed by atoms with Crippen LogP contribution in [-0.4, -0.2) is 23.4 Å². The van der Waals surface area contributed by atoms with Gasteiger partial charge in [0.25, 0.3) is 5.56 Å². The first-order chi connectivity index (χ1) is 14.0. The first-order valence-corrected chi connectivity index (χ1v) is 10.9. The number of carbonyl (C=O) groups is 1. The number of carbonyl (C=O) groups excluding carboxylic acids is 1. The summed E-state index contributed by atoms with van der Waals surface area (Å²) in [5.74, 6) is -1.96.